The van der Waals surface area contributed by atoms with Crippen LogP contribution in [0.15, 0.2) is 28.9 Å². The molecular formula is C13H17NO5. The molecule has 1 rings (SSSR count). The molecule has 0 unspecified atom stereocenters. The zero-order chi connectivity index (χ0) is 14.1. The summed E-state index contributed by atoms with van der Waals surface area (Å²) in [4.78, 5) is 24.5. The highest BCUT2D eigenvalue weighted by atomic mass is 16.5. The number of esters is 1. The molecule has 0 aliphatic rings. The third kappa shape index (κ3) is 5.39. The van der Waals surface area contributed by atoms with Crippen LogP contribution >= 0.6 is 0 Å². The first-order chi connectivity index (χ1) is 9.17. The average Bonchev–Trinajstić information content (AvgIpc) is 2.93. The summed E-state index contributed by atoms with van der Waals surface area (Å²) in [6, 6.07) is 3.45. The Morgan fingerprint density at radius 2 is 2.21 bits per heavy atom. The maximum Gasteiger partial charge on any atom is 0.325 e. The second-order valence-corrected chi connectivity index (χ2v) is 3.68. The van der Waals surface area contributed by atoms with Crippen LogP contribution in [0.5, 0.6) is 0 Å². The molecule has 1 amide bonds. The highest BCUT2D eigenvalue weighted by molar-refractivity contribution is 5.93. The van der Waals surface area contributed by atoms with Gasteiger partial charge in [-0.05, 0) is 18.2 Å². The van der Waals surface area contributed by atoms with E-state index >= 15 is 0 Å². The van der Waals surface area contributed by atoms with Gasteiger partial charge in [-0.25, -0.2) is 0 Å². The molecule has 0 aromatic carbocycles. The first-order valence-electron chi connectivity index (χ1n) is 5.73. The highest BCUT2D eigenvalue weighted by Gasteiger charge is 2.15. The molecule has 0 radical (unpaired) electrons. The van der Waals surface area contributed by atoms with E-state index in [2.05, 4.69) is 4.74 Å². The van der Waals surface area contributed by atoms with E-state index in [0.717, 1.165) is 0 Å². The number of furan rings is 1. The smallest absolute Gasteiger partial charge is 0.325 e. The molecule has 0 N–H and O–H groups in total. The summed E-state index contributed by atoms with van der Waals surface area (Å²) in [6.45, 7) is 0.547. The van der Waals surface area contributed by atoms with Crippen LogP contribution in [0, 0.1) is 0 Å². The number of amides is 1. The van der Waals surface area contributed by atoms with Gasteiger partial charge < -0.3 is 18.8 Å². The number of carbonyl (C=O) groups is 2. The Kier molecular flexibility index (Phi) is 6.38. The summed E-state index contributed by atoms with van der Waals surface area (Å²) in [5.41, 5.74) is 0. The minimum Gasteiger partial charge on any atom is -0.468 e. The molecule has 0 fully saturated rings. The minimum absolute atomic E-state index is 0.110. The van der Waals surface area contributed by atoms with E-state index in [1.165, 1.54) is 31.5 Å². The van der Waals surface area contributed by atoms with E-state index in [9.17, 15) is 9.59 Å². The van der Waals surface area contributed by atoms with Gasteiger partial charge in [0, 0.05) is 19.7 Å². The van der Waals surface area contributed by atoms with Gasteiger partial charge in [-0.1, -0.05) is 0 Å². The molecule has 1 heterocycles. The number of nitrogens with zero attached hydrogens (tertiary/aromatic N) is 1. The fraction of sp³-hybridized carbons (Fsp3) is 0.385. The number of methoxy groups -OCH3 is 2. The van der Waals surface area contributed by atoms with Crippen molar-refractivity contribution in [3.63, 3.8) is 0 Å². The second-order valence-electron chi connectivity index (χ2n) is 3.68. The van der Waals surface area contributed by atoms with Crippen LogP contribution in [0.4, 0.5) is 0 Å². The molecule has 104 valence electrons. The van der Waals surface area contributed by atoms with Crippen molar-refractivity contribution < 1.29 is 23.5 Å². The lowest BCUT2D eigenvalue weighted by molar-refractivity contribution is -0.145. The fourth-order valence-electron chi connectivity index (χ4n) is 1.33. The van der Waals surface area contributed by atoms with Crippen molar-refractivity contribution in [1.29, 1.82) is 0 Å². The fourth-order valence-corrected chi connectivity index (χ4v) is 1.33. The van der Waals surface area contributed by atoms with Crippen molar-refractivity contribution >= 4 is 18.0 Å². The van der Waals surface area contributed by atoms with Crippen LogP contribution in [0.1, 0.15) is 5.76 Å². The summed E-state index contributed by atoms with van der Waals surface area (Å²) in [5, 5.41) is 0. The first-order valence-corrected chi connectivity index (χ1v) is 5.73. The molecule has 0 aliphatic carbocycles. The number of hydrogen-bond donors (Lipinski definition) is 0. The quantitative estimate of drug-likeness (QED) is 0.543. The van der Waals surface area contributed by atoms with Crippen molar-refractivity contribution in [2.75, 3.05) is 33.9 Å². The van der Waals surface area contributed by atoms with Gasteiger partial charge >= 0.3 is 5.97 Å². The average molecular weight is 267 g/mol. The summed E-state index contributed by atoms with van der Waals surface area (Å²) >= 11 is 0. The lowest BCUT2D eigenvalue weighted by Gasteiger charge is -2.19. The second kappa shape index (κ2) is 8.10. The third-order valence-electron chi connectivity index (χ3n) is 2.36. The first kappa shape index (κ1) is 15.0. The zero-order valence-electron chi connectivity index (χ0n) is 11.0. The Hall–Kier alpha value is -2.08. The molecule has 1 aromatic heterocycles. The number of rotatable bonds is 7. The van der Waals surface area contributed by atoms with E-state index in [-0.39, 0.29) is 12.5 Å². The monoisotopic (exact) mass is 267 g/mol. The lowest BCUT2D eigenvalue weighted by Crippen LogP contribution is -2.37. The Morgan fingerprint density at radius 3 is 2.79 bits per heavy atom. The van der Waals surface area contributed by atoms with Gasteiger partial charge in [-0.3, -0.25) is 9.59 Å². The van der Waals surface area contributed by atoms with Crippen molar-refractivity contribution in [2.45, 2.75) is 0 Å². The van der Waals surface area contributed by atoms with Crippen molar-refractivity contribution in [3.8, 4) is 0 Å². The normalized spacial score (nSPS) is 10.6. The van der Waals surface area contributed by atoms with Crippen molar-refractivity contribution in [3.05, 3.63) is 30.2 Å². The Labute approximate surface area is 111 Å². The number of hydrogen-bond acceptors (Lipinski definition) is 5. The predicted molar refractivity (Wildman–Crippen MR) is 68.2 cm³/mol. The Morgan fingerprint density at radius 1 is 1.42 bits per heavy atom. The SMILES string of the molecule is COCCN(CC(=O)OC)C(=O)/C=C/c1ccco1. The lowest BCUT2D eigenvalue weighted by atomic mass is 10.3. The van der Waals surface area contributed by atoms with Crippen LogP contribution in [0.25, 0.3) is 6.08 Å². The summed E-state index contributed by atoms with van der Waals surface area (Å²) in [6.07, 6.45) is 4.40. The van der Waals surface area contributed by atoms with Crippen LogP contribution in [0.2, 0.25) is 0 Å². The molecule has 0 aliphatic heterocycles. The molecule has 0 bridgehead atoms. The van der Waals surface area contributed by atoms with Gasteiger partial charge in [0.15, 0.2) is 0 Å². The van der Waals surface area contributed by atoms with Gasteiger partial charge in [0.05, 0.1) is 20.0 Å². The summed E-state index contributed by atoms with van der Waals surface area (Å²) in [7, 11) is 2.81. The van der Waals surface area contributed by atoms with E-state index in [1.807, 2.05) is 0 Å². The maximum absolute atomic E-state index is 11.9. The van der Waals surface area contributed by atoms with E-state index in [1.54, 1.807) is 18.2 Å². The molecular weight excluding hydrogens is 250 g/mol. The summed E-state index contributed by atoms with van der Waals surface area (Å²) in [5.74, 6) is -0.215. The Bertz CT molecular complexity index is 424. The molecule has 19 heavy (non-hydrogen) atoms. The molecule has 6 heteroatoms. The van der Waals surface area contributed by atoms with Crippen molar-refractivity contribution in [2.24, 2.45) is 0 Å². The van der Waals surface area contributed by atoms with Gasteiger partial charge in [-0.2, -0.15) is 0 Å². The molecule has 6 nitrogen and oxygen atoms in total. The molecule has 0 atom stereocenters. The number of carbonyl (C=O) groups excluding carboxylic acids is 2. The van der Waals surface area contributed by atoms with Crippen LogP contribution in [-0.2, 0) is 19.1 Å². The van der Waals surface area contributed by atoms with E-state index in [0.29, 0.717) is 18.9 Å². The molecule has 0 saturated heterocycles. The third-order valence-corrected chi connectivity index (χ3v) is 2.36. The van der Waals surface area contributed by atoms with Gasteiger partial charge in [0.1, 0.15) is 12.3 Å². The van der Waals surface area contributed by atoms with Crippen molar-refractivity contribution in [1.82, 2.24) is 4.90 Å². The highest BCUT2D eigenvalue weighted by Crippen LogP contribution is 2.03. The summed E-state index contributed by atoms with van der Waals surface area (Å²) < 4.78 is 14.5. The van der Waals surface area contributed by atoms with Gasteiger partial charge in [0.25, 0.3) is 0 Å². The molecule has 0 saturated carbocycles. The van der Waals surface area contributed by atoms with E-state index < -0.39 is 5.97 Å². The number of ether oxygens (including phenoxy) is 2. The largest absolute Gasteiger partial charge is 0.468 e. The minimum atomic E-state index is -0.476. The molecule has 1 aromatic rings. The van der Waals surface area contributed by atoms with Crippen LogP contribution < -0.4 is 0 Å². The van der Waals surface area contributed by atoms with Crippen LogP contribution in [-0.4, -0.2) is 50.7 Å². The standard InChI is InChI=1S/C13H17NO5/c1-17-9-7-14(10-13(16)18-2)12(15)6-5-11-4-3-8-19-11/h3-6,8H,7,9-10H2,1-2H3/b6-5+. The van der Waals surface area contributed by atoms with Crippen LogP contribution in [0.3, 0.4) is 0 Å². The van der Waals surface area contributed by atoms with Gasteiger partial charge in [0.2, 0.25) is 5.91 Å². The maximum atomic E-state index is 11.9. The van der Waals surface area contributed by atoms with Gasteiger partial charge in [-0.15, -0.1) is 0 Å². The topological polar surface area (TPSA) is 69.0 Å². The predicted octanol–water partition coefficient (Wildman–Crippen LogP) is 0.941. The Balaban J connectivity index is 2.62. The zero-order valence-corrected chi connectivity index (χ0v) is 11.0. The van der Waals surface area contributed by atoms with E-state index in [4.69, 9.17) is 9.15 Å². The molecule has 0 spiro atoms.